The summed E-state index contributed by atoms with van der Waals surface area (Å²) < 4.78 is 16.0. The standard InChI is InChI=1S/C19H24O6/c1-11-6-5-7-15(10-23-13(3)20)9-17(24-14(4)21)18-12(2)19(22)25-16(18)8-11/h7-8,16-18H,2,5-6,9-10H2,1,3-4H3/t16-,17-,18+/m1/s1. The number of carbonyl (C=O) groups is 3. The molecule has 0 spiro atoms. The van der Waals surface area contributed by atoms with Gasteiger partial charge in [0.2, 0.25) is 0 Å². The van der Waals surface area contributed by atoms with E-state index in [-0.39, 0.29) is 12.6 Å². The van der Waals surface area contributed by atoms with Gasteiger partial charge >= 0.3 is 17.9 Å². The Kier molecular flexibility index (Phi) is 6.17. The summed E-state index contributed by atoms with van der Waals surface area (Å²) >= 11 is 0. The minimum absolute atomic E-state index is 0.133. The molecule has 0 unspecified atom stereocenters. The van der Waals surface area contributed by atoms with Crippen LogP contribution >= 0.6 is 0 Å². The van der Waals surface area contributed by atoms with E-state index in [1.54, 1.807) is 0 Å². The SMILES string of the molecule is C=C1C(=O)O[C@@H]2C=C(C)CCC=C(COC(C)=O)C[C@@H](OC(C)=O)[C@@H]12. The first kappa shape index (κ1) is 19.0. The second-order valence-electron chi connectivity index (χ2n) is 6.47. The number of fused-ring (bicyclic) bond motifs is 1. The van der Waals surface area contributed by atoms with Gasteiger partial charge in [-0.15, -0.1) is 0 Å². The highest BCUT2D eigenvalue weighted by Crippen LogP contribution is 2.36. The smallest absolute Gasteiger partial charge is 0.334 e. The molecule has 136 valence electrons. The lowest BCUT2D eigenvalue weighted by molar-refractivity contribution is -0.149. The molecule has 2 rings (SSSR count). The summed E-state index contributed by atoms with van der Waals surface area (Å²) in [7, 11) is 0. The van der Waals surface area contributed by atoms with Crippen LogP contribution in [-0.4, -0.2) is 36.7 Å². The Morgan fingerprint density at radius 3 is 2.68 bits per heavy atom. The lowest BCUT2D eigenvalue weighted by Gasteiger charge is -2.27. The van der Waals surface area contributed by atoms with Gasteiger partial charge in [-0.25, -0.2) is 4.79 Å². The second-order valence-corrected chi connectivity index (χ2v) is 6.47. The molecule has 0 aromatic heterocycles. The van der Waals surface area contributed by atoms with Crippen molar-refractivity contribution in [3.05, 3.63) is 35.5 Å². The van der Waals surface area contributed by atoms with E-state index in [4.69, 9.17) is 14.2 Å². The van der Waals surface area contributed by atoms with Crippen molar-refractivity contribution in [2.24, 2.45) is 5.92 Å². The highest BCUT2D eigenvalue weighted by Gasteiger charge is 2.44. The highest BCUT2D eigenvalue weighted by molar-refractivity contribution is 5.91. The van der Waals surface area contributed by atoms with Crippen molar-refractivity contribution in [1.29, 1.82) is 0 Å². The van der Waals surface area contributed by atoms with E-state index in [1.165, 1.54) is 13.8 Å². The number of esters is 3. The van der Waals surface area contributed by atoms with Gasteiger partial charge in [0.25, 0.3) is 0 Å². The third-order valence-electron chi connectivity index (χ3n) is 4.32. The molecule has 25 heavy (non-hydrogen) atoms. The number of ether oxygens (including phenoxy) is 3. The Hall–Kier alpha value is -2.37. The van der Waals surface area contributed by atoms with Crippen LogP contribution in [0.15, 0.2) is 35.5 Å². The van der Waals surface area contributed by atoms with E-state index in [0.717, 1.165) is 24.0 Å². The molecule has 1 fully saturated rings. The summed E-state index contributed by atoms with van der Waals surface area (Å²) in [5.41, 5.74) is 2.22. The molecule has 0 saturated carbocycles. The molecule has 2 aliphatic rings. The van der Waals surface area contributed by atoms with Gasteiger partial charge < -0.3 is 14.2 Å². The molecular weight excluding hydrogens is 324 g/mol. The average molecular weight is 348 g/mol. The zero-order chi connectivity index (χ0) is 18.6. The van der Waals surface area contributed by atoms with Crippen molar-refractivity contribution >= 4 is 17.9 Å². The molecule has 6 heteroatoms. The topological polar surface area (TPSA) is 78.9 Å². The van der Waals surface area contributed by atoms with Crippen LogP contribution in [0.25, 0.3) is 0 Å². The largest absolute Gasteiger partial charge is 0.461 e. The van der Waals surface area contributed by atoms with Crippen molar-refractivity contribution in [3.8, 4) is 0 Å². The van der Waals surface area contributed by atoms with Crippen LogP contribution in [0.1, 0.15) is 40.0 Å². The fourth-order valence-electron chi connectivity index (χ4n) is 3.16. The summed E-state index contributed by atoms with van der Waals surface area (Å²) in [4.78, 5) is 34.7. The molecule has 0 radical (unpaired) electrons. The van der Waals surface area contributed by atoms with Crippen molar-refractivity contribution in [2.75, 3.05) is 6.61 Å². The first-order valence-electron chi connectivity index (χ1n) is 8.33. The molecule has 0 aromatic carbocycles. The number of rotatable bonds is 3. The van der Waals surface area contributed by atoms with Crippen LogP contribution in [0.2, 0.25) is 0 Å². The zero-order valence-corrected chi connectivity index (χ0v) is 14.9. The van der Waals surface area contributed by atoms with Gasteiger partial charge in [0.1, 0.15) is 18.8 Å². The number of hydrogen-bond donors (Lipinski definition) is 0. The van der Waals surface area contributed by atoms with E-state index >= 15 is 0 Å². The van der Waals surface area contributed by atoms with Gasteiger partial charge in [-0.2, -0.15) is 0 Å². The first-order chi connectivity index (χ1) is 11.8. The highest BCUT2D eigenvalue weighted by atomic mass is 16.6. The molecule has 6 nitrogen and oxygen atoms in total. The van der Waals surface area contributed by atoms with E-state index < -0.39 is 30.1 Å². The van der Waals surface area contributed by atoms with Gasteiger partial charge in [0.05, 0.1) is 5.92 Å². The minimum Gasteiger partial charge on any atom is -0.461 e. The van der Waals surface area contributed by atoms with E-state index in [2.05, 4.69) is 6.58 Å². The van der Waals surface area contributed by atoms with Crippen molar-refractivity contribution in [3.63, 3.8) is 0 Å². The van der Waals surface area contributed by atoms with Gasteiger partial charge in [0.15, 0.2) is 0 Å². The Balaban J connectivity index is 2.35. The van der Waals surface area contributed by atoms with E-state index in [1.807, 2.05) is 19.1 Å². The Morgan fingerprint density at radius 1 is 1.32 bits per heavy atom. The molecule has 3 atom stereocenters. The van der Waals surface area contributed by atoms with Gasteiger partial charge in [0, 0.05) is 25.8 Å². The second kappa shape index (κ2) is 8.14. The third kappa shape index (κ3) is 5.05. The molecule has 0 bridgehead atoms. The predicted octanol–water partition coefficient (Wildman–Crippen LogP) is 2.64. The van der Waals surface area contributed by atoms with E-state index in [0.29, 0.717) is 12.0 Å². The molecule has 1 saturated heterocycles. The van der Waals surface area contributed by atoms with Crippen molar-refractivity contribution in [2.45, 2.75) is 52.2 Å². The molecule has 1 aliphatic carbocycles. The summed E-state index contributed by atoms with van der Waals surface area (Å²) in [5, 5.41) is 0. The van der Waals surface area contributed by atoms with Crippen molar-refractivity contribution in [1.82, 2.24) is 0 Å². The molecule has 1 aliphatic heterocycles. The number of allylic oxidation sites excluding steroid dienone is 2. The third-order valence-corrected chi connectivity index (χ3v) is 4.32. The van der Waals surface area contributed by atoms with Crippen LogP contribution in [0, 0.1) is 5.92 Å². The fourth-order valence-corrected chi connectivity index (χ4v) is 3.16. The fraction of sp³-hybridized carbons (Fsp3) is 0.526. The van der Waals surface area contributed by atoms with Crippen LogP contribution in [0.4, 0.5) is 0 Å². The summed E-state index contributed by atoms with van der Waals surface area (Å²) in [6, 6.07) is 0. The van der Waals surface area contributed by atoms with Crippen molar-refractivity contribution < 1.29 is 28.6 Å². The van der Waals surface area contributed by atoms with E-state index in [9.17, 15) is 14.4 Å². The Labute approximate surface area is 147 Å². The lowest BCUT2D eigenvalue weighted by Crippen LogP contribution is -2.33. The van der Waals surface area contributed by atoms with Gasteiger partial charge in [-0.1, -0.05) is 18.2 Å². The monoisotopic (exact) mass is 348 g/mol. The van der Waals surface area contributed by atoms with Crippen LogP contribution in [0.3, 0.4) is 0 Å². The maximum Gasteiger partial charge on any atom is 0.334 e. The average Bonchev–Trinajstić information content (AvgIpc) is 2.77. The minimum atomic E-state index is -0.606. The van der Waals surface area contributed by atoms with Gasteiger partial charge in [-0.3, -0.25) is 9.59 Å². The molecule has 0 amide bonds. The van der Waals surface area contributed by atoms with Crippen LogP contribution in [0.5, 0.6) is 0 Å². The van der Waals surface area contributed by atoms with Crippen LogP contribution in [-0.2, 0) is 28.6 Å². The molecule has 0 N–H and O–H groups in total. The maximum absolute atomic E-state index is 12.0. The maximum atomic E-state index is 12.0. The number of carbonyl (C=O) groups excluding carboxylic acids is 3. The Bertz CT molecular complexity index is 642. The Morgan fingerprint density at radius 2 is 2.04 bits per heavy atom. The summed E-state index contributed by atoms with van der Waals surface area (Å²) in [6.07, 6.45) is 4.71. The molecular formula is C19H24O6. The van der Waals surface area contributed by atoms with Gasteiger partial charge in [-0.05, 0) is 31.4 Å². The molecule has 0 aromatic rings. The normalized spacial score (nSPS) is 26.8. The summed E-state index contributed by atoms with van der Waals surface area (Å²) in [5.74, 6) is -1.74. The zero-order valence-electron chi connectivity index (χ0n) is 14.9. The quantitative estimate of drug-likeness (QED) is 0.338. The number of hydrogen-bond acceptors (Lipinski definition) is 6. The van der Waals surface area contributed by atoms with Crippen LogP contribution < -0.4 is 0 Å². The molecule has 1 heterocycles. The lowest BCUT2D eigenvalue weighted by atomic mass is 9.85. The predicted molar refractivity (Wildman–Crippen MR) is 90.4 cm³/mol. The first-order valence-corrected chi connectivity index (χ1v) is 8.33. The summed E-state index contributed by atoms with van der Waals surface area (Å²) in [6.45, 7) is 8.60.